The molecule has 0 aromatic rings. The monoisotopic (exact) mass is 294 g/mol. The SMILES string of the molecule is CCOC(=O)C1=C(N(C)CCNC)CC(C(C)(C)C)C=C1. The lowest BCUT2D eigenvalue weighted by Crippen LogP contribution is -2.33. The van der Waals surface area contributed by atoms with Crippen molar-refractivity contribution in [3.05, 3.63) is 23.4 Å². The van der Waals surface area contributed by atoms with Crippen LogP contribution in [-0.4, -0.2) is 44.7 Å². The smallest absolute Gasteiger partial charge is 0.339 e. The average molecular weight is 294 g/mol. The Hall–Kier alpha value is -1.29. The van der Waals surface area contributed by atoms with E-state index in [1.165, 1.54) is 0 Å². The molecule has 0 aromatic heterocycles. The van der Waals surface area contributed by atoms with E-state index in [1.54, 1.807) is 0 Å². The Morgan fingerprint density at radius 1 is 1.48 bits per heavy atom. The van der Waals surface area contributed by atoms with Gasteiger partial charge in [0.1, 0.15) is 0 Å². The minimum atomic E-state index is -0.215. The molecule has 0 heterocycles. The number of nitrogens with one attached hydrogen (secondary N) is 1. The molecular weight excluding hydrogens is 264 g/mol. The number of allylic oxidation sites excluding steroid dienone is 2. The largest absolute Gasteiger partial charge is 0.462 e. The molecule has 0 saturated heterocycles. The fourth-order valence-corrected chi connectivity index (χ4v) is 2.46. The molecule has 4 heteroatoms. The molecule has 0 radical (unpaired) electrons. The van der Waals surface area contributed by atoms with Gasteiger partial charge >= 0.3 is 5.97 Å². The van der Waals surface area contributed by atoms with Crippen LogP contribution < -0.4 is 5.32 Å². The van der Waals surface area contributed by atoms with Crippen LogP contribution in [-0.2, 0) is 9.53 Å². The Kier molecular flexibility index (Phi) is 6.46. The van der Waals surface area contributed by atoms with Crippen LogP contribution in [0.3, 0.4) is 0 Å². The van der Waals surface area contributed by atoms with Gasteiger partial charge in [0.15, 0.2) is 0 Å². The Morgan fingerprint density at radius 2 is 2.14 bits per heavy atom. The Bertz CT molecular complexity index is 419. The second-order valence-electron chi connectivity index (χ2n) is 6.64. The van der Waals surface area contributed by atoms with Crippen LogP contribution >= 0.6 is 0 Å². The number of carbonyl (C=O) groups excluding carboxylic acids is 1. The number of likely N-dealkylation sites (N-methyl/N-ethyl adjacent to an activating group) is 2. The molecule has 1 aliphatic carbocycles. The first kappa shape index (κ1) is 17.8. The lowest BCUT2D eigenvalue weighted by molar-refractivity contribution is -0.138. The number of esters is 1. The predicted octanol–water partition coefficient (Wildman–Crippen LogP) is 2.58. The fourth-order valence-electron chi connectivity index (χ4n) is 2.46. The topological polar surface area (TPSA) is 41.6 Å². The van der Waals surface area contributed by atoms with E-state index in [4.69, 9.17) is 4.74 Å². The van der Waals surface area contributed by atoms with Gasteiger partial charge in [0.25, 0.3) is 0 Å². The Labute approximate surface area is 129 Å². The summed E-state index contributed by atoms with van der Waals surface area (Å²) in [5.41, 5.74) is 1.98. The van der Waals surface area contributed by atoms with E-state index in [0.717, 1.165) is 25.2 Å². The zero-order valence-corrected chi connectivity index (χ0v) is 14.3. The van der Waals surface area contributed by atoms with Crippen LogP contribution in [0.1, 0.15) is 34.1 Å². The van der Waals surface area contributed by atoms with Gasteiger partial charge in [-0.3, -0.25) is 0 Å². The second-order valence-corrected chi connectivity index (χ2v) is 6.64. The Morgan fingerprint density at radius 3 is 2.67 bits per heavy atom. The molecule has 1 aliphatic rings. The highest BCUT2D eigenvalue weighted by Crippen LogP contribution is 2.37. The zero-order valence-electron chi connectivity index (χ0n) is 14.3. The van der Waals surface area contributed by atoms with E-state index < -0.39 is 0 Å². The maximum absolute atomic E-state index is 12.2. The van der Waals surface area contributed by atoms with E-state index in [9.17, 15) is 4.79 Å². The average Bonchev–Trinajstić information content (AvgIpc) is 2.43. The van der Waals surface area contributed by atoms with Gasteiger partial charge in [0, 0.05) is 25.8 Å². The zero-order chi connectivity index (χ0) is 16.0. The number of hydrogen-bond acceptors (Lipinski definition) is 4. The third-order valence-electron chi connectivity index (χ3n) is 3.99. The molecule has 1 N–H and O–H groups in total. The fraction of sp³-hybridized carbons (Fsp3) is 0.706. The maximum Gasteiger partial charge on any atom is 0.339 e. The molecule has 120 valence electrons. The van der Waals surface area contributed by atoms with Crippen molar-refractivity contribution < 1.29 is 9.53 Å². The van der Waals surface area contributed by atoms with Crippen molar-refractivity contribution in [2.75, 3.05) is 33.8 Å². The van der Waals surface area contributed by atoms with Gasteiger partial charge in [-0.05, 0) is 37.8 Å². The standard InChI is InChI=1S/C17H30N2O2/c1-7-21-16(20)14-9-8-13(17(2,3)4)12-15(14)19(6)11-10-18-5/h8-9,13,18H,7,10-12H2,1-6H3. The Balaban J connectivity index is 3.02. The third-order valence-corrected chi connectivity index (χ3v) is 3.99. The lowest BCUT2D eigenvalue weighted by Gasteiger charge is -2.35. The third kappa shape index (κ3) is 4.88. The van der Waals surface area contributed by atoms with Gasteiger partial charge in [-0.15, -0.1) is 0 Å². The molecule has 1 rings (SSSR count). The number of hydrogen-bond donors (Lipinski definition) is 1. The van der Waals surface area contributed by atoms with Crippen molar-refractivity contribution in [1.29, 1.82) is 0 Å². The number of rotatable bonds is 6. The molecule has 1 atom stereocenters. The van der Waals surface area contributed by atoms with Gasteiger partial charge in [0.05, 0.1) is 12.2 Å². The van der Waals surface area contributed by atoms with E-state index >= 15 is 0 Å². The molecule has 0 fully saturated rings. The highest BCUT2D eigenvalue weighted by atomic mass is 16.5. The first-order valence-corrected chi connectivity index (χ1v) is 7.75. The maximum atomic E-state index is 12.2. The summed E-state index contributed by atoms with van der Waals surface area (Å²) in [6.07, 6.45) is 4.98. The number of nitrogens with zero attached hydrogens (tertiary/aromatic N) is 1. The van der Waals surface area contributed by atoms with Crippen molar-refractivity contribution in [3.8, 4) is 0 Å². The van der Waals surface area contributed by atoms with Gasteiger partial charge in [-0.25, -0.2) is 4.79 Å². The normalized spacial score (nSPS) is 18.9. The van der Waals surface area contributed by atoms with Gasteiger partial charge in [0.2, 0.25) is 0 Å². The first-order valence-electron chi connectivity index (χ1n) is 7.75. The molecule has 0 bridgehead atoms. The van der Waals surface area contributed by atoms with Crippen molar-refractivity contribution in [3.63, 3.8) is 0 Å². The van der Waals surface area contributed by atoms with Crippen molar-refractivity contribution >= 4 is 5.97 Å². The summed E-state index contributed by atoms with van der Waals surface area (Å²) in [4.78, 5) is 14.3. The number of ether oxygens (including phenoxy) is 1. The number of carbonyl (C=O) groups is 1. The predicted molar refractivity (Wildman–Crippen MR) is 86.9 cm³/mol. The molecular formula is C17H30N2O2. The van der Waals surface area contributed by atoms with Crippen LogP contribution in [0.5, 0.6) is 0 Å². The highest BCUT2D eigenvalue weighted by Gasteiger charge is 2.30. The second kappa shape index (κ2) is 7.64. The van der Waals surface area contributed by atoms with Crippen LogP contribution in [0.15, 0.2) is 23.4 Å². The summed E-state index contributed by atoms with van der Waals surface area (Å²) in [6.45, 7) is 10.7. The van der Waals surface area contributed by atoms with Gasteiger partial charge < -0.3 is 15.0 Å². The molecule has 1 unspecified atom stereocenters. The lowest BCUT2D eigenvalue weighted by atomic mass is 9.75. The molecule has 0 aliphatic heterocycles. The minimum Gasteiger partial charge on any atom is -0.462 e. The van der Waals surface area contributed by atoms with E-state index in [-0.39, 0.29) is 11.4 Å². The van der Waals surface area contributed by atoms with Crippen LogP contribution in [0, 0.1) is 11.3 Å². The summed E-state index contributed by atoms with van der Waals surface area (Å²) in [7, 11) is 3.98. The molecule has 0 spiro atoms. The van der Waals surface area contributed by atoms with Gasteiger partial charge in [-0.1, -0.05) is 26.8 Å². The van der Waals surface area contributed by atoms with Gasteiger partial charge in [-0.2, -0.15) is 0 Å². The molecule has 21 heavy (non-hydrogen) atoms. The summed E-state index contributed by atoms with van der Waals surface area (Å²) >= 11 is 0. The summed E-state index contributed by atoms with van der Waals surface area (Å²) in [5.74, 6) is 0.218. The van der Waals surface area contributed by atoms with Crippen molar-refractivity contribution in [1.82, 2.24) is 10.2 Å². The van der Waals surface area contributed by atoms with E-state index in [1.807, 2.05) is 27.1 Å². The van der Waals surface area contributed by atoms with Crippen molar-refractivity contribution in [2.24, 2.45) is 11.3 Å². The van der Waals surface area contributed by atoms with E-state index in [0.29, 0.717) is 18.1 Å². The van der Waals surface area contributed by atoms with Crippen LogP contribution in [0.4, 0.5) is 0 Å². The van der Waals surface area contributed by atoms with Crippen molar-refractivity contribution in [2.45, 2.75) is 34.1 Å². The molecule has 4 nitrogen and oxygen atoms in total. The molecule has 0 saturated carbocycles. The summed E-state index contributed by atoms with van der Waals surface area (Å²) in [5, 5.41) is 3.15. The van der Waals surface area contributed by atoms with E-state index in [2.05, 4.69) is 37.1 Å². The minimum absolute atomic E-state index is 0.186. The first-order chi connectivity index (χ1) is 9.81. The summed E-state index contributed by atoms with van der Waals surface area (Å²) in [6, 6.07) is 0. The molecule has 0 aromatic carbocycles. The highest BCUT2D eigenvalue weighted by molar-refractivity contribution is 5.92. The summed E-state index contributed by atoms with van der Waals surface area (Å²) < 4.78 is 5.20. The quantitative estimate of drug-likeness (QED) is 0.765. The molecule has 0 amide bonds. The van der Waals surface area contributed by atoms with Crippen LogP contribution in [0.2, 0.25) is 0 Å². The van der Waals surface area contributed by atoms with Crippen LogP contribution in [0.25, 0.3) is 0 Å².